The molecule has 0 unspecified atom stereocenters. The van der Waals surface area contributed by atoms with Crippen molar-refractivity contribution in [3.05, 3.63) is 59.7 Å². The minimum absolute atomic E-state index is 0.182. The van der Waals surface area contributed by atoms with Gasteiger partial charge in [0.05, 0.1) is 17.8 Å². The third-order valence-corrected chi connectivity index (χ3v) is 2.36. The third kappa shape index (κ3) is 3.04. The van der Waals surface area contributed by atoms with Crippen molar-refractivity contribution in [3.63, 3.8) is 0 Å². The van der Waals surface area contributed by atoms with Crippen LogP contribution in [0.3, 0.4) is 0 Å². The molecular formula is C13H11FN2O2. The van der Waals surface area contributed by atoms with Crippen molar-refractivity contribution in [2.24, 2.45) is 0 Å². The minimum Gasteiger partial charge on any atom is -0.478 e. The Kier molecular flexibility index (Phi) is 3.52. The molecule has 0 saturated heterocycles. The number of carbonyl (C=O) groups is 1. The van der Waals surface area contributed by atoms with E-state index >= 15 is 0 Å². The van der Waals surface area contributed by atoms with Crippen molar-refractivity contribution >= 4 is 11.7 Å². The first-order valence-electron chi connectivity index (χ1n) is 5.33. The van der Waals surface area contributed by atoms with Crippen LogP contribution in [0.1, 0.15) is 16.1 Å². The molecule has 0 atom stereocenters. The van der Waals surface area contributed by atoms with E-state index in [4.69, 9.17) is 5.11 Å². The number of carboxylic acids is 1. The normalized spacial score (nSPS) is 10.1. The number of aromatic carboxylic acids is 1. The summed E-state index contributed by atoms with van der Waals surface area (Å²) >= 11 is 0. The summed E-state index contributed by atoms with van der Waals surface area (Å²) in [4.78, 5) is 14.8. The number of halogens is 1. The van der Waals surface area contributed by atoms with E-state index in [1.807, 2.05) is 0 Å². The maximum absolute atomic E-state index is 12.9. The Morgan fingerprint density at radius 3 is 2.89 bits per heavy atom. The first-order chi connectivity index (χ1) is 8.65. The molecule has 5 heteroatoms. The molecule has 0 fully saturated rings. The molecule has 0 bridgehead atoms. The summed E-state index contributed by atoms with van der Waals surface area (Å²) in [5.41, 5.74) is 1.39. The highest BCUT2D eigenvalue weighted by molar-refractivity contribution is 5.87. The highest BCUT2D eigenvalue weighted by Gasteiger charge is 2.04. The van der Waals surface area contributed by atoms with Crippen molar-refractivity contribution in [2.75, 3.05) is 5.32 Å². The second kappa shape index (κ2) is 5.27. The summed E-state index contributed by atoms with van der Waals surface area (Å²) in [6.07, 6.45) is 1.44. The van der Waals surface area contributed by atoms with Gasteiger partial charge in [0.15, 0.2) is 0 Å². The predicted molar refractivity (Wildman–Crippen MR) is 64.9 cm³/mol. The number of aromatic nitrogens is 1. The van der Waals surface area contributed by atoms with E-state index in [0.29, 0.717) is 17.9 Å². The topological polar surface area (TPSA) is 62.2 Å². The molecular weight excluding hydrogens is 235 g/mol. The van der Waals surface area contributed by atoms with E-state index in [2.05, 4.69) is 10.3 Å². The molecule has 1 aromatic carbocycles. The molecule has 0 radical (unpaired) electrons. The van der Waals surface area contributed by atoms with Gasteiger partial charge in [0.25, 0.3) is 0 Å². The van der Waals surface area contributed by atoms with E-state index in [9.17, 15) is 9.18 Å². The Morgan fingerprint density at radius 1 is 1.33 bits per heavy atom. The standard InChI is InChI=1S/C13H11FN2O2/c14-10-2-1-3-11(7-10)16-8-12-6-9(13(17)18)4-5-15-12/h1-7,16H,8H2,(H,17,18). The van der Waals surface area contributed by atoms with Crippen LogP contribution < -0.4 is 5.32 Å². The lowest BCUT2D eigenvalue weighted by Crippen LogP contribution is -2.04. The molecule has 0 amide bonds. The van der Waals surface area contributed by atoms with Gasteiger partial charge in [-0.1, -0.05) is 6.07 Å². The highest BCUT2D eigenvalue weighted by Crippen LogP contribution is 2.11. The van der Waals surface area contributed by atoms with Crippen LogP contribution in [0.4, 0.5) is 10.1 Å². The maximum Gasteiger partial charge on any atom is 0.335 e. The van der Waals surface area contributed by atoms with Gasteiger partial charge in [0.1, 0.15) is 5.82 Å². The number of carboxylic acid groups (broad SMARTS) is 1. The molecule has 18 heavy (non-hydrogen) atoms. The first-order valence-corrected chi connectivity index (χ1v) is 5.33. The molecule has 0 aliphatic rings. The number of nitrogens with zero attached hydrogens (tertiary/aromatic N) is 1. The van der Waals surface area contributed by atoms with Crippen molar-refractivity contribution in [1.82, 2.24) is 4.98 Å². The summed E-state index contributed by atoms with van der Waals surface area (Å²) in [6, 6.07) is 8.95. The largest absolute Gasteiger partial charge is 0.478 e. The van der Waals surface area contributed by atoms with Crippen molar-refractivity contribution < 1.29 is 14.3 Å². The number of pyridine rings is 1. The average molecular weight is 246 g/mol. The maximum atomic E-state index is 12.9. The predicted octanol–water partition coefficient (Wildman–Crippen LogP) is 2.53. The second-order valence-corrected chi connectivity index (χ2v) is 3.70. The van der Waals surface area contributed by atoms with Crippen LogP contribution in [-0.4, -0.2) is 16.1 Å². The van der Waals surface area contributed by atoms with Crippen LogP contribution in [0, 0.1) is 5.82 Å². The molecule has 4 nitrogen and oxygen atoms in total. The molecule has 0 aliphatic carbocycles. The molecule has 92 valence electrons. The van der Waals surface area contributed by atoms with Gasteiger partial charge in [-0.15, -0.1) is 0 Å². The number of anilines is 1. The van der Waals surface area contributed by atoms with Gasteiger partial charge in [-0.2, -0.15) is 0 Å². The van der Waals surface area contributed by atoms with Crippen molar-refractivity contribution in [3.8, 4) is 0 Å². The monoisotopic (exact) mass is 246 g/mol. The van der Waals surface area contributed by atoms with Crippen LogP contribution in [0.2, 0.25) is 0 Å². The molecule has 1 aromatic heterocycles. The summed E-state index contributed by atoms with van der Waals surface area (Å²) in [5.74, 6) is -1.32. The van der Waals surface area contributed by atoms with E-state index < -0.39 is 5.97 Å². The van der Waals surface area contributed by atoms with Gasteiger partial charge < -0.3 is 10.4 Å². The first kappa shape index (κ1) is 12.0. The van der Waals surface area contributed by atoms with E-state index in [1.54, 1.807) is 12.1 Å². The Bertz CT molecular complexity index is 572. The average Bonchev–Trinajstić information content (AvgIpc) is 2.37. The van der Waals surface area contributed by atoms with E-state index in [1.165, 1.54) is 30.5 Å². The zero-order valence-corrected chi connectivity index (χ0v) is 9.43. The zero-order valence-electron chi connectivity index (χ0n) is 9.43. The van der Waals surface area contributed by atoms with E-state index in [-0.39, 0.29) is 11.4 Å². The zero-order chi connectivity index (χ0) is 13.0. The Labute approximate surface area is 103 Å². The Hall–Kier alpha value is -2.43. The smallest absolute Gasteiger partial charge is 0.335 e. The molecule has 0 spiro atoms. The molecule has 2 N–H and O–H groups in total. The lowest BCUT2D eigenvalue weighted by Gasteiger charge is -2.06. The molecule has 1 heterocycles. The van der Waals surface area contributed by atoms with Crippen LogP contribution in [0.15, 0.2) is 42.6 Å². The molecule has 2 rings (SSSR count). The van der Waals surface area contributed by atoms with Crippen molar-refractivity contribution in [2.45, 2.75) is 6.54 Å². The van der Waals surface area contributed by atoms with Crippen LogP contribution >= 0.6 is 0 Å². The summed E-state index contributed by atoms with van der Waals surface area (Å²) in [6.45, 7) is 0.338. The number of benzene rings is 1. The van der Waals surface area contributed by atoms with Crippen molar-refractivity contribution in [1.29, 1.82) is 0 Å². The lowest BCUT2D eigenvalue weighted by atomic mass is 10.2. The number of hydrogen-bond acceptors (Lipinski definition) is 3. The van der Waals surface area contributed by atoms with Gasteiger partial charge in [0, 0.05) is 11.9 Å². The minimum atomic E-state index is -0.996. The highest BCUT2D eigenvalue weighted by atomic mass is 19.1. The van der Waals surface area contributed by atoms with Gasteiger partial charge in [-0.05, 0) is 30.3 Å². The van der Waals surface area contributed by atoms with Crippen LogP contribution in [-0.2, 0) is 6.54 Å². The lowest BCUT2D eigenvalue weighted by molar-refractivity contribution is 0.0696. The van der Waals surface area contributed by atoms with Gasteiger partial charge in [0.2, 0.25) is 0 Å². The molecule has 2 aromatic rings. The van der Waals surface area contributed by atoms with Gasteiger partial charge in [-0.3, -0.25) is 4.98 Å². The Balaban J connectivity index is 2.06. The van der Waals surface area contributed by atoms with E-state index in [0.717, 1.165) is 0 Å². The fourth-order valence-electron chi connectivity index (χ4n) is 1.50. The van der Waals surface area contributed by atoms with Crippen LogP contribution in [0.25, 0.3) is 0 Å². The third-order valence-electron chi connectivity index (χ3n) is 2.36. The summed E-state index contributed by atoms with van der Waals surface area (Å²) < 4.78 is 12.9. The number of hydrogen-bond donors (Lipinski definition) is 2. The fourth-order valence-corrected chi connectivity index (χ4v) is 1.50. The number of rotatable bonds is 4. The summed E-state index contributed by atoms with van der Waals surface area (Å²) in [7, 11) is 0. The molecule has 0 saturated carbocycles. The van der Waals surface area contributed by atoms with Gasteiger partial charge >= 0.3 is 5.97 Å². The molecule has 0 aliphatic heterocycles. The van der Waals surface area contributed by atoms with Gasteiger partial charge in [-0.25, -0.2) is 9.18 Å². The second-order valence-electron chi connectivity index (χ2n) is 3.70. The van der Waals surface area contributed by atoms with Crippen LogP contribution in [0.5, 0.6) is 0 Å². The SMILES string of the molecule is O=C(O)c1ccnc(CNc2cccc(F)c2)c1. The fraction of sp³-hybridized carbons (Fsp3) is 0.0769. The Morgan fingerprint density at radius 2 is 2.17 bits per heavy atom. The summed E-state index contributed by atoms with van der Waals surface area (Å²) in [5, 5.41) is 11.8. The quantitative estimate of drug-likeness (QED) is 0.870. The number of nitrogens with one attached hydrogen (secondary N) is 1.